The summed E-state index contributed by atoms with van der Waals surface area (Å²) in [6.45, 7) is 9.37. The molecule has 0 spiro atoms. The molecule has 342 valence electrons. The van der Waals surface area contributed by atoms with E-state index in [0.29, 0.717) is 49.2 Å². The van der Waals surface area contributed by atoms with Crippen molar-refractivity contribution in [2.24, 2.45) is 0 Å². The van der Waals surface area contributed by atoms with Crippen LogP contribution in [0.3, 0.4) is 0 Å². The van der Waals surface area contributed by atoms with E-state index in [1.165, 1.54) is 12.1 Å². The van der Waals surface area contributed by atoms with Crippen LogP contribution in [0, 0.1) is 0 Å². The first-order valence-corrected chi connectivity index (χ1v) is 26.4. The lowest BCUT2D eigenvalue weighted by atomic mass is 9.79. The number of anilines is 1. The highest BCUT2D eigenvalue weighted by Gasteiger charge is 2.46. The Hall–Kier alpha value is -3.92. The van der Waals surface area contributed by atoms with Crippen molar-refractivity contribution in [3.05, 3.63) is 118 Å². The lowest BCUT2D eigenvalue weighted by Gasteiger charge is -2.27. The predicted molar refractivity (Wildman–Crippen MR) is 250 cm³/mol. The van der Waals surface area contributed by atoms with Crippen LogP contribution < -0.4 is 4.90 Å². The number of hydrogen-bond donors (Lipinski definition) is 4. The van der Waals surface area contributed by atoms with Gasteiger partial charge in [0.1, 0.15) is 6.54 Å². The van der Waals surface area contributed by atoms with Gasteiger partial charge >= 0.3 is 0 Å². The lowest BCUT2D eigenvalue weighted by Crippen LogP contribution is -2.28. The van der Waals surface area contributed by atoms with Crippen LogP contribution in [-0.4, -0.2) is 79.1 Å². The summed E-state index contributed by atoms with van der Waals surface area (Å²) in [6, 6.07) is 18.1. The van der Waals surface area contributed by atoms with Gasteiger partial charge in [-0.25, -0.2) is 5.26 Å². The molecule has 4 N–H and O–H groups in total. The molecule has 3 aliphatic rings. The number of unbranched alkanes of at least 4 members (excludes halogenated alkanes) is 2. The Morgan fingerprint density at radius 1 is 0.766 bits per heavy atom. The van der Waals surface area contributed by atoms with Crippen molar-refractivity contribution < 1.29 is 58.1 Å². The topological polar surface area (TPSA) is 208 Å². The smallest absolute Gasteiger partial charge is 0.294 e. The van der Waals surface area contributed by atoms with E-state index in [0.717, 1.165) is 78.2 Å². The first kappa shape index (κ1) is 48.0. The Labute approximate surface area is 382 Å². The minimum atomic E-state index is -4.43. The Bertz CT molecular complexity index is 3050. The van der Waals surface area contributed by atoms with Gasteiger partial charge in [-0.2, -0.15) is 29.8 Å². The molecule has 0 saturated heterocycles. The van der Waals surface area contributed by atoms with Gasteiger partial charge in [-0.3, -0.25) is 13.7 Å². The van der Waals surface area contributed by atoms with Gasteiger partial charge in [0, 0.05) is 57.4 Å². The molecule has 1 aliphatic carbocycles. The van der Waals surface area contributed by atoms with Gasteiger partial charge in [0.2, 0.25) is 5.69 Å². The van der Waals surface area contributed by atoms with Crippen molar-refractivity contribution in [2.75, 3.05) is 29.5 Å². The van der Waals surface area contributed by atoms with Crippen molar-refractivity contribution in [3.63, 3.8) is 0 Å². The second-order valence-corrected chi connectivity index (χ2v) is 22.9. The summed E-state index contributed by atoms with van der Waals surface area (Å²) in [6.07, 6.45) is 11.0. The van der Waals surface area contributed by atoms with E-state index in [1.54, 1.807) is 12.1 Å². The van der Waals surface area contributed by atoms with E-state index in [4.69, 9.17) is 16.9 Å². The zero-order valence-corrected chi connectivity index (χ0v) is 39.6. The van der Waals surface area contributed by atoms with Crippen molar-refractivity contribution in [2.45, 2.75) is 86.8 Å². The molecule has 0 radical (unpaired) electrons. The number of allylic oxidation sites excluding steroid dienone is 8. The minimum Gasteiger partial charge on any atom is -0.344 e. The van der Waals surface area contributed by atoms with E-state index < -0.39 is 41.2 Å². The molecular weight excluding hydrogens is 924 g/mol. The van der Waals surface area contributed by atoms with Gasteiger partial charge in [-0.05, 0) is 127 Å². The van der Waals surface area contributed by atoms with Gasteiger partial charge in [-0.15, -0.1) is 4.33 Å². The number of halogens is 1. The molecular formula is C45H50ClN2O12S4+. The Morgan fingerprint density at radius 2 is 1.42 bits per heavy atom. The summed E-state index contributed by atoms with van der Waals surface area (Å²) in [5.74, 6) is -0.701. The molecule has 2 aliphatic heterocycles. The fraction of sp³-hybridized carbons (Fsp3) is 0.356. The average Bonchev–Trinajstić information content (AvgIpc) is 3.75. The SMILES string of the molecule is CC1(C)C(=CC=C2CCC(C=CC3=[N+](CCCCS(=O)(=O)O)c4ccc5cc(S(=O)(=O)O)ccc5c4C3(C)C)=C2Cl)N(CCCCS(=O)(=O)O)c2ccc3cc(SOOO)ccc3c21. The molecule has 14 nitrogen and oxygen atoms in total. The standard InChI is InChI=1S/C45H49ClN2O12S4/c1-44(2)39(47(23-5-7-25-62(50,51)52)37-19-11-31-27-33(61-60-59-49)15-17-35(31)41(37)44)21-13-29-9-10-30(43(29)46)14-22-40-45(3,4)42-36-18-16-34(64(56,57)58)28-32(36)12-20-38(42)48(40)24-6-8-26-63(53,54)55/h11-22,27-28H,5-10,23-26H2,1-4H3,(H3-,49,50,51,52,53,54,55,56,57,58)/p+1. The van der Waals surface area contributed by atoms with Crippen molar-refractivity contribution in [3.8, 4) is 0 Å². The summed E-state index contributed by atoms with van der Waals surface area (Å²) in [5.41, 5.74) is 6.53. The highest BCUT2D eigenvalue weighted by molar-refractivity contribution is 7.94. The largest absolute Gasteiger partial charge is 0.344 e. The normalized spacial score (nSPS) is 18.8. The maximum Gasteiger partial charge on any atom is 0.294 e. The summed E-state index contributed by atoms with van der Waals surface area (Å²) in [4.78, 5) is 2.71. The third kappa shape index (κ3) is 10.1. The molecule has 64 heavy (non-hydrogen) atoms. The van der Waals surface area contributed by atoms with Crippen LogP contribution in [0.1, 0.15) is 77.3 Å². The second kappa shape index (κ2) is 18.4. The molecule has 0 amide bonds. The summed E-state index contributed by atoms with van der Waals surface area (Å²) in [5, 5.41) is 16.5. The summed E-state index contributed by atoms with van der Waals surface area (Å²) < 4.78 is 105. The highest BCUT2D eigenvalue weighted by atomic mass is 35.5. The first-order valence-electron chi connectivity index (χ1n) is 20.6. The Kier molecular flexibility index (Phi) is 13.8. The lowest BCUT2D eigenvalue weighted by molar-refractivity contribution is -0.438. The molecule has 0 aromatic heterocycles. The van der Waals surface area contributed by atoms with Crippen molar-refractivity contribution >= 4 is 92.6 Å². The zero-order valence-electron chi connectivity index (χ0n) is 35.6. The number of nitrogens with zero attached hydrogens (tertiary/aromatic N) is 2. The monoisotopic (exact) mass is 973 g/mol. The molecule has 7 rings (SSSR count). The molecule has 0 saturated carbocycles. The molecule has 19 heteroatoms. The number of hydrogen-bond acceptors (Lipinski definition) is 11. The van der Waals surface area contributed by atoms with E-state index in [-0.39, 0.29) is 29.2 Å². The summed E-state index contributed by atoms with van der Waals surface area (Å²) in [7, 11) is -12.7. The van der Waals surface area contributed by atoms with Crippen LogP contribution in [0.4, 0.5) is 11.4 Å². The van der Waals surface area contributed by atoms with E-state index >= 15 is 0 Å². The molecule has 0 fully saturated rings. The fourth-order valence-electron chi connectivity index (χ4n) is 9.37. The minimum absolute atomic E-state index is 0.210. The molecule has 4 aromatic rings. The van der Waals surface area contributed by atoms with Crippen molar-refractivity contribution in [1.29, 1.82) is 0 Å². The molecule has 0 atom stereocenters. The second-order valence-electron chi connectivity index (χ2n) is 17.2. The van der Waals surface area contributed by atoms with Gasteiger partial charge in [0.15, 0.2) is 5.71 Å². The van der Waals surface area contributed by atoms with Crippen LogP contribution >= 0.6 is 23.6 Å². The number of rotatable bonds is 17. The van der Waals surface area contributed by atoms with E-state index in [2.05, 4.69) is 52.6 Å². The Balaban J connectivity index is 1.23. The van der Waals surface area contributed by atoms with Gasteiger partial charge in [0.25, 0.3) is 30.4 Å². The average molecular weight is 975 g/mol. The van der Waals surface area contributed by atoms with Gasteiger partial charge in [-0.1, -0.05) is 60.8 Å². The maximum atomic E-state index is 12.0. The van der Waals surface area contributed by atoms with E-state index in [1.807, 2.05) is 54.6 Å². The fourth-order valence-corrected chi connectivity index (χ4v) is 11.7. The molecule has 0 bridgehead atoms. The Morgan fingerprint density at radius 3 is 2.11 bits per heavy atom. The van der Waals surface area contributed by atoms with Crippen LogP contribution in [0.25, 0.3) is 21.5 Å². The van der Waals surface area contributed by atoms with Gasteiger partial charge < -0.3 is 4.90 Å². The number of benzene rings is 4. The van der Waals surface area contributed by atoms with Crippen molar-refractivity contribution in [1.82, 2.24) is 0 Å². The third-order valence-electron chi connectivity index (χ3n) is 12.3. The van der Waals surface area contributed by atoms with Gasteiger partial charge in [0.05, 0.1) is 33.9 Å². The molecule has 0 unspecified atom stereocenters. The predicted octanol–water partition coefficient (Wildman–Crippen LogP) is 9.83. The van der Waals surface area contributed by atoms with Crippen LogP contribution in [-0.2, 0) is 50.6 Å². The van der Waals surface area contributed by atoms with Crippen LogP contribution in [0.15, 0.2) is 117 Å². The van der Waals surface area contributed by atoms with Crippen LogP contribution in [0.2, 0.25) is 0 Å². The molecule has 4 aromatic carbocycles. The maximum absolute atomic E-state index is 12.0. The highest BCUT2D eigenvalue weighted by Crippen LogP contribution is 2.52. The first-order chi connectivity index (χ1) is 30.0. The van der Waals surface area contributed by atoms with E-state index in [9.17, 15) is 38.9 Å². The zero-order chi connectivity index (χ0) is 46.4. The number of fused-ring (bicyclic) bond motifs is 6. The third-order valence-corrected chi connectivity index (χ3v) is 15.8. The summed E-state index contributed by atoms with van der Waals surface area (Å²) >= 11 is 8.06. The van der Waals surface area contributed by atoms with Crippen LogP contribution in [0.5, 0.6) is 0 Å². The molecule has 2 heterocycles. The quantitative estimate of drug-likeness (QED) is 0.0194.